The maximum Gasteiger partial charge on any atom is 0.417 e. The van der Waals surface area contributed by atoms with Gasteiger partial charge in [-0.1, -0.05) is 59.3 Å². The number of amides is 1. The smallest absolute Gasteiger partial charge is 0.343 e. The van der Waals surface area contributed by atoms with E-state index in [1.54, 1.807) is 36.4 Å². The Morgan fingerprint density at radius 1 is 1.03 bits per heavy atom. The lowest BCUT2D eigenvalue weighted by molar-refractivity contribution is -0.137. The molecule has 0 saturated heterocycles. The maximum atomic E-state index is 13.4. The fourth-order valence-electron chi connectivity index (χ4n) is 3.43. The summed E-state index contributed by atoms with van der Waals surface area (Å²) in [5.74, 6) is -0.926. The third kappa shape index (κ3) is 4.88. The van der Waals surface area contributed by atoms with Crippen LogP contribution >= 0.6 is 11.6 Å². The molecule has 1 N–H and O–H groups in total. The zero-order chi connectivity index (χ0) is 23.6. The Labute approximate surface area is 190 Å². The van der Waals surface area contributed by atoms with Crippen LogP contribution in [0.5, 0.6) is 0 Å². The summed E-state index contributed by atoms with van der Waals surface area (Å²) in [4.78, 5) is 25.8. The summed E-state index contributed by atoms with van der Waals surface area (Å²) < 4.78 is 41.2. The number of alkyl halides is 3. The Kier molecular flexibility index (Phi) is 6.15. The third-order valence-corrected chi connectivity index (χ3v) is 5.26. The van der Waals surface area contributed by atoms with Gasteiger partial charge >= 0.3 is 6.18 Å². The fraction of sp³-hybridized carbons (Fsp3) is 0.130. The molecule has 0 aliphatic heterocycles. The van der Waals surface area contributed by atoms with E-state index in [-0.39, 0.29) is 11.9 Å². The summed E-state index contributed by atoms with van der Waals surface area (Å²) >= 11 is 5.93. The summed E-state index contributed by atoms with van der Waals surface area (Å²) in [7, 11) is 0. The van der Waals surface area contributed by atoms with Crippen LogP contribution in [0.2, 0.25) is 5.02 Å². The van der Waals surface area contributed by atoms with E-state index in [2.05, 4.69) is 15.6 Å². The largest absolute Gasteiger partial charge is 0.417 e. The van der Waals surface area contributed by atoms with Crippen molar-refractivity contribution in [3.8, 4) is 0 Å². The van der Waals surface area contributed by atoms with Crippen molar-refractivity contribution in [2.75, 3.05) is 0 Å². The molecule has 0 aliphatic rings. The van der Waals surface area contributed by atoms with Crippen molar-refractivity contribution in [2.24, 2.45) is 0 Å². The molecule has 1 aromatic heterocycles. The van der Waals surface area contributed by atoms with Crippen LogP contribution in [0.4, 0.5) is 13.2 Å². The summed E-state index contributed by atoms with van der Waals surface area (Å²) in [6.07, 6.45) is -4.70. The van der Waals surface area contributed by atoms with Gasteiger partial charge in [-0.2, -0.15) is 13.2 Å². The van der Waals surface area contributed by atoms with Gasteiger partial charge in [0.25, 0.3) is 11.5 Å². The zero-order valence-corrected chi connectivity index (χ0v) is 17.6. The number of carbonyl (C=O) groups is 1. The van der Waals surface area contributed by atoms with Crippen LogP contribution in [0.15, 0.2) is 77.6 Å². The third-order valence-electron chi connectivity index (χ3n) is 5.02. The molecule has 33 heavy (non-hydrogen) atoms. The highest BCUT2D eigenvalue weighted by molar-refractivity contribution is 6.31. The van der Waals surface area contributed by atoms with Crippen molar-refractivity contribution < 1.29 is 18.0 Å². The average molecular weight is 473 g/mol. The molecular formula is C23H16ClF3N4O2. The van der Waals surface area contributed by atoms with E-state index in [1.807, 2.05) is 0 Å². The van der Waals surface area contributed by atoms with Gasteiger partial charge in [0.15, 0.2) is 0 Å². The van der Waals surface area contributed by atoms with Gasteiger partial charge < -0.3 is 5.32 Å². The highest BCUT2D eigenvalue weighted by Gasteiger charge is 2.35. The molecule has 168 valence electrons. The SMILES string of the molecule is O=C(NC(Cn1nnc2cc(Cl)ccc2c1=O)c1ccccc1)c1ccccc1C(F)(F)F. The van der Waals surface area contributed by atoms with Gasteiger partial charge in [0.05, 0.1) is 29.1 Å². The number of hydrogen-bond donors (Lipinski definition) is 1. The first-order chi connectivity index (χ1) is 15.7. The number of hydrogen-bond acceptors (Lipinski definition) is 4. The molecule has 3 aromatic carbocycles. The van der Waals surface area contributed by atoms with Crippen LogP contribution in [0, 0.1) is 0 Å². The molecule has 0 radical (unpaired) electrons. The predicted octanol–water partition coefficient (Wildman–Crippen LogP) is 4.64. The lowest BCUT2D eigenvalue weighted by atomic mass is 10.0. The van der Waals surface area contributed by atoms with Crippen LogP contribution in [-0.2, 0) is 12.7 Å². The van der Waals surface area contributed by atoms with Crippen LogP contribution < -0.4 is 10.9 Å². The number of nitrogens with zero attached hydrogens (tertiary/aromatic N) is 3. The molecule has 1 amide bonds. The number of benzene rings is 3. The summed E-state index contributed by atoms with van der Waals surface area (Å²) in [5.41, 5.74) is -1.14. The Morgan fingerprint density at radius 2 is 1.73 bits per heavy atom. The Balaban J connectivity index is 1.70. The number of carbonyl (C=O) groups excluding carboxylic acids is 1. The summed E-state index contributed by atoms with van der Waals surface area (Å²) in [5, 5.41) is 11.2. The van der Waals surface area contributed by atoms with E-state index in [9.17, 15) is 22.8 Å². The molecule has 1 unspecified atom stereocenters. The van der Waals surface area contributed by atoms with E-state index in [4.69, 9.17) is 11.6 Å². The second-order valence-corrected chi connectivity index (χ2v) is 7.65. The molecule has 0 fully saturated rings. The van der Waals surface area contributed by atoms with Crippen molar-refractivity contribution in [1.82, 2.24) is 20.3 Å². The molecule has 1 heterocycles. The Morgan fingerprint density at radius 3 is 2.45 bits per heavy atom. The molecule has 10 heteroatoms. The highest BCUT2D eigenvalue weighted by atomic mass is 35.5. The molecule has 1 atom stereocenters. The van der Waals surface area contributed by atoms with Crippen molar-refractivity contribution in [3.05, 3.63) is 105 Å². The van der Waals surface area contributed by atoms with E-state index >= 15 is 0 Å². The summed E-state index contributed by atoms with van der Waals surface area (Å²) in [6, 6.07) is 16.8. The summed E-state index contributed by atoms with van der Waals surface area (Å²) in [6.45, 7) is -0.145. The van der Waals surface area contributed by atoms with E-state index in [0.717, 1.165) is 16.8 Å². The normalized spacial score (nSPS) is 12.5. The number of fused-ring (bicyclic) bond motifs is 1. The number of nitrogens with one attached hydrogen (secondary N) is 1. The molecule has 4 rings (SSSR count). The maximum absolute atomic E-state index is 13.4. The molecule has 4 aromatic rings. The van der Waals surface area contributed by atoms with E-state index in [1.165, 1.54) is 24.3 Å². The minimum absolute atomic E-state index is 0.145. The van der Waals surface area contributed by atoms with Gasteiger partial charge in [0, 0.05) is 5.02 Å². The van der Waals surface area contributed by atoms with Gasteiger partial charge in [-0.05, 0) is 35.9 Å². The fourth-order valence-corrected chi connectivity index (χ4v) is 3.59. The Bertz CT molecular complexity index is 1370. The van der Waals surface area contributed by atoms with E-state index < -0.39 is 34.8 Å². The molecule has 0 bridgehead atoms. The second-order valence-electron chi connectivity index (χ2n) is 7.22. The van der Waals surface area contributed by atoms with Crippen LogP contribution in [-0.4, -0.2) is 20.9 Å². The van der Waals surface area contributed by atoms with Gasteiger partial charge in [-0.3, -0.25) is 9.59 Å². The average Bonchev–Trinajstić information content (AvgIpc) is 2.80. The van der Waals surface area contributed by atoms with Gasteiger partial charge in [-0.15, -0.1) is 5.10 Å². The first kappa shape index (κ1) is 22.5. The zero-order valence-electron chi connectivity index (χ0n) is 16.9. The van der Waals surface area contributed by atoms with Crippen molar-refractivity contribution >= 4 is 28.4 Å². The molecule has 0 spiro atoms. The quantitative estimate of drug-likeness (QED) is 0.459. The van der Waals surface area contributed by atoms with Crippen LogP contribution in [0.3, 0.4) is 0 Å². The molecule has 0 aliphatic carbocycles. The van der Waals surface area contributed by atoms with Crippen LogP contribution in [0.25, 0.3) is 10.9 Å². The minimum atomic E-state index is -4.70. The topological polar surface area (TPSA) is 76.9 Å². The highest BCUT2D eigenvalue weighted by Crippen LogP contribution is 2.32. The first-order valence-corrected chi connectivity index (χ1v) is 10.2. The van der Waals surface area contributed by atoms with Crippen molar-refractivity contribution in [2.45, 2.75) is 18.8 Å². The van der Waals surface area contributed by atoms with Crippen LogP contribution in [0.1, 0.15) is 27.5 Å². The van der Waals surface area contributed by atoms with Gasteiger partial charge in [-0.25, -0.2) is 4.68 Å². The number of rotatable bonds is 5. The number of aromatic nitrogens is 3. The first-order valence-electron chi connectivity index (χ1n) is 9.79. The predicted molar refractivity (Wildman–Crippen MR) is 117 cm³/mol. The van der Waals surface area contributed by atoms with Crippen molar-refractivity contribution in [3.63, 3.8) is 0 Å². The minimum Gasteiger partial charge on any atom is -0.343 e. The second kappa shape index (κ2) is 9.03. The lowest BCUT2D eigenvalue weighted by Gasteiger charge is -2.21. The molecule has 6 nitrogen and oxygen atoms in total. The molecular weight excluding hydrogens is 457 g/mol. The van der Waals surface area contributed by atoms with E-state index in [0.29, 0.717) is 16.1 Å². The monoisotopic (exact) mass is 472 g/mol. The van der Waals surface area contributed by atoms with Crippen molar-refractivity contribution in [1.29, 1.82) is 0 Å². The Hall–Kier alpha value is -3.72. The standard InChI is InChI=1S/C23H16ClF3N4O2/c24-15-10-11-17-19(12-15)29-30-31(22(17)33)13-20(14-6-2-1-3-7-14)28-21(32)16-8-4-5-9-18(16)23(25,26)27/h1-12,20H,13H2,(H,28,32). The number of halogens is 4. The lowest BCUT2D eigenvalue weighted by Crippen LogP contribution is -2.36. The van der Waals surface area contributed by atoms with Gasteiger partial charge in [0.2, 0.25) is 0 Å². The molecule has 0 saturated carbocycles. The van der Waals surface area contributed by atoms with Gasteiger partial charge in [0.1, 0.15) is 5.52 Å².